The molecule has 0 radical (unpaired) electrons. The number of aromatic nitrogens is 2. The largest absolute Gasteiger partial charge is 0.381 e. The van der Waals surface area contributed by atoms with E-state index in [0.717, 1.165) is 55.3 Å². The Morgan fingerprint density at radius 2 is 2.16 bits per heavy atom. The van der Waals surface area contributed by atoms with Gasteiger partial charge in [0.2, 0.25) is 0 Å². The first-order valence-electron chi connectivity index (χ1n) is 6.97. The summed E-state index contributed by atoms with van der Waals surface area (Å²) >= 11 is 3.42. The normalized spacial score (nSPS) is 11.0. The maximum Gasteiger partial charge on any atom is 0.132 e. The molecule has 0 atom stereocenters. The number of rotatable bonds is 9. The summed E-state index contributed by atoms with van der Waals surface area (Å²) in [4.78, 5) is 8.82. The summed E-state index contributed by atoms with van der Waals surface area (Å²) in [5, 5.41) is 3.31. The lowest BCUT2D eigenvalue weighted by molar-refractivity contribution is 0.110. The van der Waals surface area contributed by atoms with Crippen LogP contribution in [-0.4, -0.2) is 29.7 Å². The van der Waals surface area contributed by atoms with E-state index >= 15 is 0 Å². The van der Waals surface area contributed by atoms with Crippen molar-refractivity contribution in [1.82, 2.24) is 9.97 Å². The minimum Gasteiger partial charge on any atom is -0.381 e. The predicted molar refractivity (Wildman–Crippen MR) is 82.5 cm³/mol. The number of nitrogens with zero attached hydrogens (tertiary/aromatic N) is 2. The van der Waals surface area contributed by atoms with Gasteiger partial charge in [0.15, 0.2) is 0 Å². The lowest BCUT2D eigenvalue weighted by Gasteiger charge is -2.09. The second kappa shape index (κ2) is 9.26. The van der Waals surface area contributed by atoms with Gasteiger partial charge in [-0.15, -0.1) is 0 Å². The summed E-state index contributed by atoms with van der Waals surface area (Å²) in [6, 6.07) is 1.91. The Hall–Kier alpha value is -0.680. The molecule has 1 rings (SSSR count). The van der Waals surface area contributed by atoms with Crippen molar-refractivity contribution in [2.75, 3.05) is 25.1 Å². The summed E-state index contributed by atoms with van der Waals surface area (Å²) in [5.41, 5.74) is 0. The Bertz CT molecular complexity index is 372. The molecule has 108 valence electrons. The van der Waals surface area contributed by atoms with E-state index in [1.165, 1.54) is 0 Å². The topological polar surface area (TPSA) is 47.0 Å². The highest BCUT2D eigenvalue weighted by Crippen LogP contribution is 2.13. The van der Waals surface area contributed by atoms with Crippen LogP contribution in [0.15, 0.2) is 10.7 Å². The van der Waals surface area contributed by atoms with E-state index in [0.29, 0.717) is 5.92 Å². The zero-order chi connectivity index (χ0) is 14.1. The molecule has 0 fully saturated rings. The predicted octanol–water partition coefficient (Wildman–Crippen LogP) is 3.67. The molecule has 0 saturated carbocycles. The summed E-state index contributed by atoms with van der Waals surface area (Å²) < 4.78 is 6.37. The van der Waals surface area contributed by atoms with Gasteiger partial charge in [0.25, 0.3) is 0 Å². The second-order valence-corrected chi connectivity index (χ2v) is 5.80. The zero-order valence-corrected chi connectivity index (χ0v) is 13.7. The molecule has 4 nitrogen and oxygen atoms in total. The number of aryl methyl sites for hydroxylation is 1. The van der Waals surface area contributed by atoms with Crippen LogP contribution in [0.3, 0.4) is 0 Å². The molecule has 0 aliphatic carbocycles. The maximum absolute atomic E-state index is 5.54. The van der Waals surface area contributed by atoms with Crippen molar-refractivity contribution in [3.63, 3.8) is 0 Å². The van der Waals surface area contributed by atoms with Crippen LogP contribution < -0.4 is 5.32 Å². The van der Waals surface area contributed by atoms with Crippen molar-refractivity contribution in [3.8, 4) is 0 Å². The Kier molecular flexibility index (Phi) is 7.98. The molecular formula is C14H24BrN3O. The molecular weight excluding hydrogens is 306 g/mol. The molecule has 0 amide bonds. The second-order valence-electron chi connectivity index (χ2n) is 4.99. The van der Waals surface area contributed by atoms with Gasteiger partial charge in [-0.1, -0.05) is 20.8 Å². The third kappa shape index (κ3) is 7.47. The van der Waals surface area contributed by atoms with Crippen LogP contribution in [0.1, 0.15) is 39.4 Å². The van der Waals surface area contributed by atoms with Crippen LogP contribution in [0.2, 0.25) is 0 Å². The molecule has 0 aromatic carbocycles. The molecule has 5 heteroatoms. The van der Waals surface area contributed by atoms with Crippen molar-refractivity contribution in [2.24, 2.45) is 5.92 Å². The molecule has 0 saturated heterocycles. The monoisotopic (exact) mass is 329 g/mol. The third-order valence-electron chi connectivity index (χ3n) is 2.44. The van der Waals surface area contributed by atoms with Gasteiger partial charge in [-0.25, -0.2) is 9.97 Å². The van der Waals surface area contributed by atoms with Crippen LogP contribution >= 0.6 is 15.9 Å². The minimum absolute atomic E-state index is 0.599. The van der Waals surface area contributed by atoms with E-state index in [4.69, 9.17) is 4.74 Å². The molecule has 0 bridgehead atoms. The van der Waals surface area contributed by atoms with Gasteiger partial charge >= 0.3 is 0 Å². The fourth-order valence-corrected chi connectivity index (χ4v) is 2.02. The number of ether oxygens (including phenoxy) is 1. The van der Waals surface area contributed by atoms with E-state index in [2.05, 4.69) is 52.0 Å². The first-order valence-corrected chi connectivity index (χ1v) is 7.76. The van der Waals surface area contributed by atoms with Crippen molar-refractivity contribution < 1.29 is 4.74 Å². The Morgan fingerprint density at radius 1 is 1.37 bits per heavy atom. The minimum atomic E-state index is 0.599. The lowest BCUT2D eigenvalue weighted by atomic mass is 10.2. The molecule has 1 aromatic rings. The van der Waals surface area contributed by atoms with Gasteiger partial charge in [0.1, 0.15) is 16.2 Å². The first kappa shape index (κ1) is 16.4. The van der Waals surface area contributed by atoms with Crippen LogP contribution in [-0.2, 0) is 11.2 Å². The summed E-state index contributed by atoms with van der Waals surface area (Å²) in [5.74, 6) is 2.37. The smallest absolute Gasteiger partial charge is 0.132 e. The molecule has 0 unspecified atom stereocenters. The lowest BCUT2D eigenvalue weighted by Crippen LogP contribution is -2.10. The van der Waals surface area contributed by atoms with E-state index in [-0.39, 0.29) is 0 Å². The molecule has 19 heavy (non-hydrogen) atoms. The molecule has 1 heterocycles. The Morgan fingerprint density at radius 3 is 2.84 bits per heavy atom. The molecule has 1 N–H and O–H groups in total. The number of halogens is 1. The number of hydrogen-bond donors (Lipinski definition) is 1. The van der Waals surface area contributed by atoms with Crippen LogP contribution in [0.25, 0.3) is 0 Å². The summed E-state index contributed by atoms with van der Waals surface area (Å²) in [7, 11) is 0. The summed E-state index contributed by atoms with van der Waals surface area (Å²) in [6.07, 6.45) is 2.95. The molecule has 0 aliphatic heterocycles. The standard InChI is InChI=1S/C14H24BrN3O/c1-4-6-13-17-12(15)9-14(18-13)16-7-5-8-19-10-11(2)3/h9,11H,4-8,10H2,1-3H3,(H,16,17,18). The van der Waals surface area contributed by atoms with E-state index in [1.807, 2.05) is 6.07 Å². The quantitative estimate of drug-likeness (QED) is 0.554. The first-order chi connectivity index (χ1) is 9.11. The van der Waals surface area contributed by atoms with E-state index < -0.39 is 0 Å². The maximum atomic E-state index is 5.54. The zero-order valence-electron chi connectivity index (χ0n) is 12.1. The van der Waals surface area contributed by atoms with Crippen LogP contribution in [0, 0.1) is 5.92 Å². The van der Waals surface area contributed by atoms with Gasteiger partial charge in [0, 0.05) is 32.2 Å². The van der Waals surface area contributed by atoms with Gasteiger partial charge < -0.3 is 10.1 Å². The number of nitrogens with one attached hydrogen (secondary N) is 1. The fourth-order valence-electron chi connectivity index (χ4n) is 1.60. The Labute approximate surface area is 124 Å². The van der Waals surface area contributed by atoms with E-state index in [1.54, 1.807) is 0 Å². The highest BCUT2D eigenvalue weighted by Gasteiger charge is 2.02. The SMILES string of the molecule is CCCc1nc(Br)cc(NCCCOCC(C)C)n1. The third-order valence-corrected chi connectivity index (χ3v) is 2.84. The molecule has 0 aliphatic rings. The van der Waals surface area contributed by atoms with Crippen molar-refractivity contribution in [3.05, 3.63) is 16.5 Å². The highest BCUT2D eigenvalue weighted by atomic mass is 79.9. The highest BCUT2D eigenvalue weighted by molar-refractivity contribution is 9.10. The summed E-state index contributed by atoms with van der Waals surface area (Å²) in [6.45, 7) is 8.94. The molecule has 1 aromatic heterocycles. The van der Waals surface area contributed by atoms with Gasteiger partial charge in [0.05, 0.1) is 0 Å². The van der Waals surface area contributed by atoms with Gasteiger partial charge in [-0.05, 0) is 34.7 Å². The molecule has 0 spiro atoms. The average molecular weight is 330 g/mol. The Balaban J connectivity index is 2.28. The van der Waals surface area contributed by atoms with Crippen molar-refractivity contribution in [2.45, 2.75) is 40.0 Å². The number of hydrogen-bond acceptors (Lipinski definition) is 4. The average Bonchev–Trinajstić information content (AvgIpc) is 2.33. The number of anilines is 1. The van der Waals surface area contributed by atoms with Crippen molar-refractivity contribution >= 4 is 21.7 Å². The van der Waals surface area contributed by atoms with E-state index in [9.17, 15) is 0 Å². The van der Waals surface area contributed by atoms with Crippen molar-refractivity contribution in [1.29, 1.82) is 0 Å². The van der Waals surface area contributed by atoms with Gasteiger partial charge in [-0.3, -0.25) is 0 Å². The fraction of sp³-hybridized carbons (Fsp3) is 0.714. The van der Waals surface area contributed by atoms with Crippen LogP contribution in [0.4, 0.5) is 5.82 Å². The van der Waals surface area contributed by atoms with Crippen LogP contribution in [0.5, 0.6) is 0 Å². The van der Waals surface area contributed by atoms with Gasteiger partial charge in [-0.2, -0.15) is 0 Å².